The Bertz CT molecular complexity index is 785. The third-order valence-corrected chi connectivity index (χ3v) is 4.63. The van der Waals surface area contributed by atoms with Crippen molar-refractivity contribution in [2.45, 2.75) is 32.0 Å². The van der Waals surface area contributed by atoms with Crippen LogP contribution >= 0.6 is 0 Å². The van der Waals surface area contributed by atoms with Crippen LogP contribution in [0, 0.1) is 0 Å². The zero-order chi connectivity index (χ0) is 18.7. The standard InChI is InChI=1S/C20H21F3N2O/c1-25(12-14-5-8-17(9-6-14)20(21,22)23)13-19(26)24-18-10-7-15-3-2-4-16(15)11-18/h5-11H,2-4,12-13H2,1H3,(H,24,26)/p+1. The summed E-state index contributed by atoms with van der Waals surface area (Å²) in [5.41, 5.74) is 3.56. The summed E-state index contributed by atoms with van der Waals surface area (Å²) in [6, 6.07) is 11.1. The summed E-state index contributed by atoms with van der Waals surface area (Å²) >= 11 is 0. The maximum atomic E-state index is 12.6. The number of fused-ring (bicyclic) bond motifs is 1. The minimum atomic E-state index is -4.33. The van der Waals surface area contributed by atoms with Crippen LogP contribution in [0.15, 0.2) is 42.5 Å². The summed E-state index contributed by atoms with van der Waals surface area (Å²) < 4.78 is 37.8. The number of rotatable bonds is 5. The Morgan fingerprint density at radius 3 is 2.46 bits per heavy atom. The van der Waals surface area contributed by atoms with Gasteiger partial charge in [-0.1, -0.05) is 18.2 Å². The Labute approximate surface area is 150 Å². The summed E-state index contributed by atoms with van der Waals surface area (Å²) in [6.45, 7) is 0.730. The maximum Gasteiger partial charge on any atom is 0.416 e. The van der Waals surface area contributed by atoms with Crippen molar-refractivity contribution >= 4 is 11.6 Å². The van der Waals surface area contributed by atoms with Gasteiger partial charge in [0.05, 0.1) is 12.6 Å². The number of anilines is 1. The third kappa shape index (κ3) is 4.64. The van der Waals surface area contributed by atoms with Crippen molar-refractivity contribution < 1.29 is 22.9 Å². The number of carbonyl (C=O) groups is 1. The van der Waals surface area contributed by atoms with E-state index < -0.39 is 11.7 Å². The van der Waals surface area contributed by atoms with Crippen molar-refractivity contribution in [3.8, 4) is 0 Å². The first kappa shape index (κ1) is 18.5. The molecule has 1 atom stereocenters. The molecule has 0 aromatic heterocycles. The number of carbonyl (C=O) groups excluding carboxylic acids is 1. The Kier molecular flexibility index (Phi) is 5.32. The van der Waals surface area contributed by atoms with Crippen molar-refractivity contribution in [2.24, 2.45) is 0 Å². The molecule has 3 rings (SSSR count). The van der Waals surface area contributed by atoms with Crippen LogP contribution in [0.4, 0.5) is 18.9 Å². The van der Waals surface area contributed by atoms with Crippen molar-refractivity contribution in [1.82, 2.24) is 0 Å². The summed E-state index contributed by atoms with van der Waals surface area (Å²) in [5.74, 6) is -0.104. The molecular weight excluding hydrogens is 341 g/mol. The van der Waals surface area contributed by atoms with E-state index in [1.807, 2.05) is 19.2 Å². The molecule has 1 aliphatic rings. The molecule has 26 heavy (non-hydrogen) atoms. The van der Waals surface area contributed by atoms with E-state index >= 15 is 0 Å². The number of likely N-dealkylation sites (N-methyl/N-ethyl adjacent to an activating group) is 1. The van der Waals surface area contributed by atoms with Gasteiger partial charge in [0, 0.05) is 11.3 Å². The lowest BCUT2D eigenvalue weighted by molar-refractivity contribution is -0.885. The first-order valence-electron chi connectivity index (χ1n) is 8.70. The molecule has 2 N–H and O–H groups in total. The van der Waals surface area contributed by atoms with Crippen molar-refractivity contribution in [1.29, 1.82) is 0 Å². The number of amides is 1. The van der Waals surface area contributed by atoms with Gasteiger partial charge in [-0.25, -0.2) is 0 Å². The van der Waals surface area contributed by atoms with E-state index in [4.69, 9.17) is 0 Å². The molecule has 1 aliphatic carbocycles. The quantitative estimate of drug-likeness (QED) is 0.842. The average molecular weight is 363 g/mol. The molecule has 0 spiro atoms. The monoisotopic (exact) mass is 363 g/mol. The van der Waals surface area contributed by atoms with Crippen LogP contribution in [-0.2, 0) is 30.4 Å². The van der Waals surface area contributed by atoms with Gasteiger partial charge in [0.2, 0.25) is 0 Å². The molecule has 0 aliphatic heterocycles. The lowest BCUT2D eigenvalue weighted by Crippen LogP contribution is -3.08. The molecule has 0 bridgehead atoms. The highest BCUT2D eigenvalue weighted by Gasteiger charge is 2.30. The first-order valence-corrected chi connectivity index (χ1v) is 8.70. The van der Waals surface area contributed by atoms with E-state index in [1.165, 1.54) is 23.3 Å². The first-order chi connectivity index (χ1) is 12.3. The Morgan fingerprint density at radius 1 is 1.08 bits per heavy atom. The summed E-state index contributed by atoms with van der Waals surface area (Å²) in [4.78, 5) is 13.1. The lowest BCUT2D eigenvalue weighted by atomic mass is 10.1. The number of hydrogen-bond donors (Lipinski definition) is 2. The lowest BCUT2D eigenvalue weighted by Gasteiger charge is -2.15. The summed E-state index contributed by atoms with van der Waals surface area (Å²) in [7, 11) is 1.85. The minimum absolute atomic E-state index is 0.104. The van der Waals surface area contributed by atoms with Gasteiger partial charge < -0.3 is 10.2 Å². The number of benzene rings is 2. The van der Waals surface area contributed by atoms with E-state index in [9.17, 15) is 18.0 Å². The Balaban J connectivity index is 1.52. The van der Waals surface area contributed by atoms with Gasteiger partial charge in [-0.2, -0.15) is 13.2 Å². The molecule has 3 nitrogen and oxygen atoms in total. The summed E-state index contributed by atoms with van der Waals surface area (Å²) in [5, 5.41) is 2.91. The minimum Gasteiger partial charge on any atom is -0.326 e. The van der Waals surface area contributed by atoms with Gasteiger partial charge in [-0.15, -0.1) is 0 Å². The molecule has 2 aromatic carbocycles. The zero-order valence-electron chi connectivity index (χ0n) is 14.6. The topological polar surface area (TPSA) is 33.5 Å². The van der Waals surface area contributed by atoms with Crippen LogP contribution in [0.5, 0.6) is 0 Å². The van der Waals surface area contributed by atoms with Crippen LogP contribution in [0.3, 0.4) is 0 Å². The van der Waals surface area contributed by atoms with Gasteiger partial charge in [0.25, 0.3) is 5.91 Å². The van der Waals surface area contributed by atoms with Crippen LogP contribution in [0.25, 0.3) is 0 Å². The van der Waals surface area contributed by atoms with E-state index in [2.05, 4.69) is 11.4 Å². The molecule has 0 saturated heterocycles. The van der Waals surface area contributed by atoms with Crippen LogP contribution in [0.2, 0.25) is 0 Å². The van der Waals surface area contributed by atoms with E-state index in [0.717, 1.165) is 47.5 Å². The van der Waals surface area contributed by atoms with Crippen LogP contribution < -0.4 is 10.2 Å². The van der Waals surface area contributed by atoms with Crippen molar-refractivity contribution in [3.63, 3.8) is 0 Å². The zero-order valence-corrected chi connectivity index (χ0v) is 14.6. The SMILES string of the molecule is C[NH+](CC(=O)Nc1ccc2c(c1)CCC2)Cc1ccc(C(F)(F)F)cc1. The molecule has 0 heterocycles. The fourth-order valence-corrected chi connectivity index (χ4v) is 3.35. The smallest absolute Gasteiger partial charge is 0.326 e. The second-order valence-corrected chi connectivity index (χ2v) is 6.89. The van der Waals surface area contributed by atoms with Crippen LogP contribution in [0.1, 0.15) is 28.7 Å². The second kappa shape index (κ2) is 7.50. The van der Waals surface area contributed by atoms with Gasteiger partial charge in [0.15, 0.2) is 6.54 Å². The van der Waals surface area contributed by atoms with Gasteiger partial charge in [-0.05, 0) is 54.7 Å². The highest BCUT2D eigenvalue weighted by atomic mass is 19.4. The Morgan fingerprint density at radius 2 is 1.77 bits per heavy atom. The number of halogens is 3. The number of alkyl halides is 3. The Hall–Kier alpha value is -2.34. The predicted molar refractivity (Wildman–Crippen MR) is 94.0 cm³/mol. The number of nitrogens with one attached hydrogen (secondary N) is 2. The van der Waals surface area contributed by atoms with Gasteiger partial charge in [-0.3, -0.25) is 4.79 Å². The molecule has 6 heteroatoms. The van der Waals surface area contributed by atoms with Crippen molar-refractivity contribution in [2.75, 3.05) is 18.9 Å². The number of aryl methyl sites for hydroxylation is 2. The number of quaternary nitrogens is 1. The highest BCUT2D eigenvalue weighted by molar-refractivity contribution is 5.91. The fraction of sp³-hybridized carbons (Fsp3) is 0.350. The molecule has 0 radical (unpaired) electrons. The number of hydrogen-bond acceptors (Lipinski definition) is 1. The molecule has 0 fully saturated rings. The van der Waals surface area contributed by atoms with E-state index in [-0.39, 0.29) is 12.5 Å². The van der Waals surface area contributed by atoms with Gasteiger partial charge in [0.1, 0.15) is 6.54 Å². The molecule has 2 aromatic rings. The highest BCUT2D eigenvalue weighted by Crippen LogP contribution is 2.29. The van der Waals surface area contributed by atoms with E-state index in [1.54, 1.807) is 0 Å². The second-order valence-electron chi connectivity index (χ2n) is 6.89. The molecule has 138 valence electrons. The third-order valence-electron chi connectivity index (χ3n) is 4.63. The molecular formula is C20H22F3N2O+. The fourth-order valence-electron chi connectivity index (χ4n) is 3.35. The maximum absolute atomic E-state index is 12.6. The molecule has 1 unspecified atom stereocenters. The van der Waals surface area contributed by atoms with Crippen molar-refractivity contribution in [3.05, 3.63) is 64.7 Å². The average Bonchev–Trinajstić information content (AvgIpc) is 3.01. The normalized spacial score (nSPS) is 14.8. The molecule has 1 amide bonds. The summed E-state index contributed by atoms with van der Waals surface area (Å²) in [6.07, 6.45) is -1.01. The van der Waals surface area contributed by atoms with E-state index in [0.29, 0.717) is 6.54 Å². The van der Waals surface area contributed by atoms with Crippen LogP contribution in [-0.4, -0.2) is 19.5 Å². The molecule has 0 saturated carbocycles. The predicted octanol–water partition coefficient (Wildman–Crippen LogP) is 2.85. The van der Waals surface area contributed by atoms with Gasteiger partial charge >= 0.3 is 6.18 Å². The largest absolute Gasteiger partial charge is 0.416 e.